The summed E-state index contributed by atoms with van der Waals surface area (Å²) in [5, 5.41) is 10.0. The van der Waals surface area contributed by atoms with Gasteiger partial charge in [0.15, 0.2) is 0 Å². The second-order valence-electron chi connectivity index (χ2n) is 4.59. The van der Waals surface area contributed by atoms with Crippen LogP contribution in [-0.4, -0.2) is 40.1 Å². The Morgan fingerprint density at radius 3 is 2.72 bits per heavy atom. The molecule has 0 saturated heterocycles. The van der Waals surface area contributed by atoms with Crippen molar-refractivity contribution < 1.29 is 9.90 Å². The van der Waals surface area contributed by atoms with Crippen molar-refractivity contribution >= 4 is 16.8 Å². The van der Waals surface area contributed by atoms with Crippen molar-refractivity contribution in [2.45, 2.75) is 19.9 Å². The fourth-order valence-corrected chi connectivity index (χ4v) is 2.05. The van der Waals surface area contributed by atoms with E-state index in [4.69, 9.17) is 5.11 Å². The van der Waals surface area contributed by atoms with Crippen LogP contribution in [0.4, 0.5) is 0 Å². The van der Waals surface area contributed by atoms with Crippen LogP contribution in [0.5, 0.6) is 0 Å². The number of benzene rings is 1. The van der Waals surface area contributed by atoms with Gasteiger partial charge >= 0.3 is 0 Å². The molecule has 0 bridgehead atoms. The third-order valence-corrected chi connectivity index (χ3v) is 2.99. The molecule has 1 aromatic carbocycles. The molecule has 4 nitrogen and oxygen atoms in total. The van der Waals surface area contributed by atoms with Crippen LogP contribution >= 0.6 is 0 Å². The highest BCUT2D eigenvalue weighted by molar-refractivity contribution is 5.98. The Morgan fingerprint density at radius 2 is 2.11 bits per heavy atom. The largest absolute Gasteiger partial charge is 0.395 e. The highest BCUT2D eigenvalue weighted by Crippen LogP contribution is 2.16. The lowest BCUT2D eigenvalue weighted by atomic mass is 10.2. The van der Waals surface area contributed by atoms with Crippen molar-refractivity contribution in [2.75, 3.05) is 13.2 Å². The summed E-state index contributed by atoms with van der Waals surface area (Å²) < 4.78 is 0. The van der Waals surface area contributed by atoms with Gasteiger partial charge < -0.3 is 15.0 Å². The van der Waals surface area contributed by atoms with Gasteiger partial charge in [-0.25, -0.2) is 0 Å². The van der Waals surface area contributed by atoms with Crippen molar-refractivity contribution in [1.82, 2.24) is 9.88 Å². The summed E-state index contributed by atoms with van der Waals surface area (Å²) in [6.45, 7) is 4.21. The van der Waals surface area contributed by atoms with Gasteiger partial charge in [0, 0.05) is 23.5 Å². The number of hydrogen-bond donors (Lipinski definition) is 2. The maximum Gasteiger partial charge on any atom is 0.270 e. The van der Waals surface area contributed by atoms with Gasteiger partial charge in [-0.3, -0.25) is 4.79 Å². The molecule has 0 spiro atoms. The highest BCUT2D eigenvalue weighted by Gasteiger charge is 2.19. The number of nitrogens with zero attached hydrogens (tertiary/aromatic N) is 1. The molecule has 0 unspecified atom stereocenters. The molecule has 0 aliphatic heterocycles. The predicted molar refractivity (Wildman–Crippen MR) is 71.6 cm³/mol. The Balaban J connectivity index is 2.31. The van der Waals surface area contributed by atoms with Crippen LogP contribution in [0.15, 0.2) is 30.3 Å². The number of para-hydroxylation sites is 1. The van der Waals surface area contributed by atoms with E-state index >= 15 is 0 Å². The van der Waals surface area contributed by atoms with E-state index in [-0.39, 0.29) is 18.6 Å². The molecule has 1 amide bonds. The second-order valence-corrected chi connectivity index (χ2v) is 4.59. The Labute approximate surface area is 106 Å². The summed E-state index contributed by atoms with van der Waals surface area (Å²) in [6.07, 6.45) is 0. The number of carbonyl (C=O) groups is 1. The number of nitrogens with one attached hydrogen (secondary N) is 1. The van der Waals surface area contributed by atoms with Crippen LogP contribution in [0, 0.1) is 0 Å². The minimum atomic E-state index is -0.0738. The van der Waals surface area contributed by atoms with Gasteiger partial charge in [0.2, 0.25) is 0 Å². The van der Waals surface area contributed by atoms with Gasteiger partial charge in [0.05, 0.1) is 6.61 Å². The quantitative estimate of drug-likeness (QED) is 0.867. The molecule has 2 rings (SSSR count). The van der Waals surface area contributed by atoms with E-state index in [1.807, 2.05) is 44.2 Å². The summed E-state index contributed by atoms with van der Waals surface area (Å²) >= 11 is 0. The molecule has 0 fully saturated rings. The highest BCUT2D eigenvalue weighted by atomic mass is 16.3. The molecule has 0 aliphatic rings. The smallest absolute Gasteiger partial charge is 0.270 e. The van der Waals surface area contributed by atoms with Gasteiger partial charge in [-0.15, -0.1) is 0 Å². The van der Waals surface area contributed by atoms with Crippen LogP contribution in [0.3, 0.4) is 0 Å². The molecule has 1 aromatic heterocycles. The molecule has 2 N–H and O–H groups in total. The lowest BCUT2D eigenvalue weighted by Crippen LogP contribution is -2.39. The summed E-state index contributed by atoms with van der Waals surface area (Å²) in [6, 6.07) is 9.70. The van der Waals surface area contributed by atoms with E-state index in [1.54, 1.807) is 4.90 Å². The van der Waals surface area contributed by atoms with Crippen LogP contribution in [-0.2, 0) is 0 Å². The minimum Gasteiger partial charge on any atom is -0.395 e. The van der Waals surface area contributed by atoms with E-state index < -0.39 is 0 Å². The van der Waals surface area contributed by atoms with Crippen LogP contribution in [0.1, 0.15) is 24.3 Å². The first-order chi connectivity index (χ1) is 8.63. The van der Waals surface area contributed by atoms with Crippen molar-refractivity contribution in [2.24, 2.45) is 0 Å². The van der Waals surface area contributed by atoms with E-state index in [0.717, 1.165) is 10.9 Å². The molecule has 96 valence electrons. The number of hydrogen-bond acceptors (Lipinski definition) is 2. The SMILES string of the molecule is CC(C)N(CCO)C(=O)c1cc2ccccc2[nH]1. The van der Waals surface area contributed by atoms with Crippen LogP contribution in [0.2, 0.25) is 0 Å². The Hall–Kier alpha value is -1.81. The first kappa shape index (κ1) is 12.6. The molecule has 0 radical (unpaired) electrons. The molecule has 0 atom stereocenters. The monoisotopic (exact) mass is 246 g/mol. The Kier molecular flexibility index (Phi) is 3.67. The zero-order chi connectivity index (χ0) is 13.1. The zero-order valence-electron chi connectivity index (χ0n) is 10.7. The minimum absolute atomic E-state index is 0.0237. The summed E-state index contributed by atoms with van der Waals surface area (Å²) in [4.78, 5) is 17.1. The molecule has 0 aliphatic carbocycles. The maximum atomic E-state index is 12.3. The number of carbonyl (C=O) groups excluding carboxylic acids is 1. The zero-order valence-corrected chi connectivity index (χ0v) is 10.7. The lowest BCUT2D eigenvalue weighted by Gasteiger charge is -2.25. The number of H-pyrrole nitrogens is 1. The number of aliphatic hydroxyl groups excluding tert-OH is 1. The number of aliphatic hydroxyl groups is 1. The fourth-order valence-electron chi connectivity index (χ4n) is 2.05. The topological polar surface area (TPSA) is 56.3 Å². The normalized spacial score (nSPS) is 11.1. The molecule has 1 heterocycles. The van der Waals surface area contributed by atoms with Crippen molar-refractivity contribution in [1.29, 1.82) is 0 Å². The third kappa shape index (κ3) is 2.38. The van der Waals surface area contributed by atoms with E-state index in [1.165, 1.54) is 0 Å². The van der Waals surface area contributed by atoms with Gasteiger partial charge in [-0.05, 0) is 26.0 Å². The molecule has 18 heavy (non-hydrogen) atoms. The Bertz CT molecular complexity index is 512. The summed E-state index contributed by atoms with van der Waals surface area (Å²) in [5.41, 5.74) is 1.52. The number of aromatic nitrogens is 1. The molecule has 2 aromatic rings. The number of rotatable bonds is 4. The van der Waals surface area contributed by atoms with Crippen molar-refractivity contribution in [3.8, 4) is 0 Å². The molecule has 4 heteroatoms. The van der Waals surface area contributed by atoms with Crippen molar-refractivity contribution in [3.05, 3.63) is 36.0 Å². The van der Waals surface area contributed by atoms with Crippen LogP contribution in [0.25, 0.3) is 10.9 Å². The molecular formula is C14H18N2O2. The average molecular weight is 246 g/mol. The lowest BCUT2D eigenvalue weighted by molar-refractivity contribution is 0.0660. The Morgan fingerprint density at radius 1 is 1.39 bits per heavy atom. The average Bonchev–Trinajstić information content (AvgIpc) is 2.78. The predicted octanol–water partition coefficient (Wildman–Crippen LogP) is 2.01. The standard InChI is InChI=1S/C14H18N2O2/c1-10(2)16(7-8-17)14(18)13-9-11-5-3-4-6-12(11)15-13/h3-6,9-10,15,17H,7-8H2,1-2H3. The second kappa shape index (κ2) is 5.23. The van der Waals surface area contributed by atoms with Gasteiger partial charge in [0.1, 0.15) is 5.69 Å². The summed E-state index contributed by atoms with van der Waals surface area (Å²) in [5.74, 6) is -0.0738. The molecule has 0 saturated carbocycles. The van der Waals surface area contributed by atoms with Crippen LogP contribution < -0.4 is 0 Å². The van der Waals surface area contributed by atoms with Gasteiger partial charge in [-0.2, -0.15) is 0 Å². The van der Waals surface area contributed by atoms with E-state index in [9.17, 15) is 4.79 Å². The van der Waals surface area contributed by atoms with Crippen molar-refractivity contribution in [3.63, 3.8) is 0 Å². The van der Waals surface area contributed by atoms with Gasteiger partial charge in [0.25, 0.3) is 5.91 Å². The number of aromatic amines is 1. The van der Waals surface area contributed by atoms with Gasteiger partial charge in [-0.1, -0.05) is 18.2 Å². The summed E-state index contributed by atoms with van der Waals surface area (Å²) in [7, 11) is 0. The fraction of sp³-hybridized carbons (Fsp3) is 0.357. The molecular weight excluding hydrogens is 228 g/mol. The number of amides is 1. The van der Waals surface area contributed by atoms with E-state index in [2.05, 4.69) is 4.98 Å². The third-order valence-electron chi connectivity index (χ3n) is 2.99. The number of fused-ring (bicyclic) bond motifs is 1. The first-order valence-electron chi connectivity index (χ1n) is 6.13. The van der Waals surface area contributed by atoms with E-state index in [0.29, 0.717) is 12.2 Å². The maximum absolute atomic E-state index is 12.3. The first-order valence-corrected chi connectivity index (χ1v) is 6.13.